The van der Waals surface area contributed by atoms with Crippen LogP contribution in [0.4, 0.5) is 0 Å². The SMILES string of the molecule is O=C(CN1CCC(c2nc3ccccc3s2)CC1)N1CCCCCCC1. The average molecular weight is 372 g/mol. The van der Waals surface area contributed by atoms with Gasteiger partial charge in [0, 0.05) is 19.0 Å². The van der Waals surface area contributed by atoms with Gasteiger partial charge in [0.1, 0.15) is 0 Å². The van der Waals surface area contributed by atoms with Gasteiger partial charge in [0.05, 0.1) is 21.8 Å². The van der Waals surface area contributed by atoms with Crippen molar-refractivity contribution in [2.75, 3.05) is 32.7 Å². The van der Waals surface area contributed by atoms with Crippen LogP contribution in [-0.2, 0) is 4.79 Å². The van der Waals surface area contributed by atoms with Gasteiger partial charge in [-0.05, 0) is 50.9 Å². The fourth-order valence-corrected chi connectivity index (χ4v) is 5.33. The van der Waals surface area contributed by atoms with Crippen molar-refractivity contribution in [2.24, 2.45) is 0 Å². The highest BCUT2D eigenvalue weighted by molar-refractivity contribution is 7.18. The van der Waals surface area contributed by atoms with Gasteiger partial charge >= 0.3 is 0 Å². The largest absolute Gasteiger partial charge is 0.342 e. The van der Waals surface area contributed by atoms with E-state index >= 15 is 0 Å². The quantitative estimate of drug-likeness (QED) is 0.808. The third-order valence-corrected chi connectivity index (χ3v) is 7.01. The summed E-state index contributed by atoms with van der Waals surface area (Å²) >= 11 is 1.84. The molecule has 26 heavy (non-hydrogen) atoms. The third-order valence-electron chi connectivity index (χ3n) is 5.81. The lowest BCUT2D eigenvalue weighted by atomic mass is 9.97. The summed E-state index contributed by atoms with van der Waals surface area (Å²) < 4.78 is 1.29. The van der Waals surface area contributed by atoms with E-state index in [1.165, 1.54) is 41.8 Å². The van der Waals surface area contributed by atoms with Gasteiger partial charge in [-0.2, -0.15) is 0 Å². The molecule has 3 heterocycles. The van der Waals surface area contributed by atoms with Gasteiger partial charge in [0.25, 0.3) is 0 Å². The molecule has 0 unspecified atom stereocenters. The second-order valence-corrected chi connectivity index (χ2v) is 8.78. The van der Waals surface area contributed by atoms with Crippen LogP contribution >= 0.6 is 11.3 Å². The molecule has 0 saturated carbocycles. The van der Waals surface area contributed by atoms with Crippen molar-refractivity contribution >= 4 is 27.5 Å². The third kappa shape index (κ3) is 4.26. The smallest absolute Gasteiger partial charge is 0.236 e. The molecule has 1 amide bonds. The Kier molecular flexibility index (Phi) is 5.85. The summed E-state index contributed by atoms with van der Waals surface area (Å²) in [5.41, 5.74) is 1.13. The second kappa shape index (κ2) is 8.49. The van der Waals surface area contributed by atoms with Crippen LogP contribution in [0, 0.1) is 0 Å². The van der Waals surface area contributed by atoms with E-state index < -0.39 is 0 Å². The first-order valence-electron chi connectivity index (χ1n) is 10.2. The fraction of sp³-hybridized carbons (Fsp3) is 0.619. The molecular weight excluding hydrogens is 342 g/mol. The summed E-state index contributed by atoms with van der Waals surface area (Å²) in [4.78, 5) is 22.0. The van der Waals surface area contributed by atoms with Crippen molar-refractivity contribution in [3.05, 3.63) is 29.3 Å². The summed E-state index contributed by atoms with van der Waals surface area (Å²) in [5.74, 6) is 0.894. The number of amides is 1. The highest BCUT2D eigenvalue weighted by atomic mass is 32.1. The maximum atomic E-state index is 12.7. The number of hydrogen-bond acceptors (Lipinski definition) is 4. The van der Waals surface area contributed by atoms with Gasteiger partial charge in [-0.25, -0.2) is 4.98 Å². The van der Waals surface area contributed by atoms with Crippen molar-refractivity contribution in [1.82, 2.24) is 14.8 Å². The molecule has 0 atom stereocenters. The Bertz CT molecular complexity index is 695. The van der Waals surface area contributed by atoms with Gasteiger partial charge in [-0.3, -0.25) is 9.69 Å². The number of piperidine rings is 1. The Morgan fingerprint density at radius 3 is 2.42 bits per heavy atom. The second-order valence-electron chi connectivity index (χ2n) is 7.72. The summed E-state index contributed by atoms with van der Waals surface area (Å²) in [6, 6.07) is 8.41. The Morgan fingerprint density at radius 1 is 1.00 bits per heavy atom. The van der Waals surface area contributed by atoms with Crippen LogP contribution in [0.5, 0.6) is 0 Å². The number of nitrogens with zero attached hydrogens (tertiary/aromatic N) is 3. The first kappa shape index (κ1) is 17.9. The topological polar surface area (TPSA) is 36.4 Å². The minimum absolute atomic E-state index is 0.338. The number of carbonyl (C=O) groups is 1. The van der Waals surface area contributed by atoms with Crippen LogP contribution in [0.3, 0.4) is 0 Å². The first-order valence-corrected chi connectivity index (χ1v) is 11.0. The van der Waals surface area contributed by atoms with E-state index in [1.54, 1.807) is 0 Å². The Labute approximate surface area is 160 Å². The zero-order valence-corrected chi connectivity index (χ0v) is 16.3. The fourth-order valence-electron chi connectivity index (χ4n) is 4.19. The maximum absolute atomic E-state index is 12.7. The van der Waals surface area contributed by atoms with Crippen LogP contribution < -0.4 is 0 Å². The molecule has 2 aromatic rings. The van der Waals surface area contributed by atoms with E-state index in [0.29, 0.717) is 18.4 Å². The zero-order valence-electron chi connectivity index (χ0n) is 15.5. The van der Waals surface area contributed by atoms with Crippen LogP contribution in [-0.4, -0.2) is 53.4 Å². The summed E-state index contributed by atoms with van der Waals surface area (Å²) in [6.07, 6.45) is 8.47. The molecule has 2 saturated heterocycles. The zero-order chi connectivity index (χ0) is 17.8. The van der Waals surface area contributed by atoms with E-state index in [4.69, 9.17) is 4.98 Å². The van der Waals surface area contributed by atoms with Crippen molar-refractivity contribution < 1.29 is 4.79 Å². The molecule has 140 valence electrons. The molecule has 0 spiro atoms. The maximum Gasteiger partial charge on any atom is 0.236 e. The Balaban J connectivity index is 1.29. The molecule has 5 heteroatoms. The molecule has 2 aliphatic rings. The molecule has 4 nitrogen and oxygen atoms in total. The van der Waals surface area contributed by atoms with Crippen molar-refractivity contribution in [1.29, 1.82) is 0 Å². The van der Waals surface area contributed by atoms with Gasteiger partial charge in [0.2, 0.25) is 5.91 Å². The van der Waals surface area contributed by atoms with Gasteiger partial charge < -0.3 is 4.90 Å². The molecule has 0 bridgehead atoms. The summed E-state index contributed by atoms with van der Waals surface area (Å²) in [6.45, 7) is 4.55. The lowest BCUT2D eigenvalue weighted by molar-refractivity contribution is -0.133. The van der Waals surface area contributed by atoms with Crippen molar-refractivity contribution in [2.45, 2.75) is 50.9 Å². The lowest BCUT2D eigenvalue weighted by Crippen LogP contribution is -2.44. The van der Waals surface area contributed by atoms with Gasteiger partial charge in [-0.15, -0.1) is 11.3 Å². The minimum Gasteiger partial charge on any atom is -0.342 e. The predicted octanol–water partition coefficient (Wildman–Crippen LogP) is 4.27. The van der Waals surface area contributed by atoms with E-state index in [-0.39, 0.29) is 0 Å². The molecule has 1 aromatic heterocycles. The number of carbonyl (C=O) groups excluding carboxylic acids is 1. The number of thiazole rings is 1. The predicted molar refractivity (Wildman–Crippen MR) is 108 cm³/mol. The molecule has 0 radical (unpaired) electrons. The first-order chi connectivity index (χ1) is 12.8. The average Bonchev–Trinajstić information content (AvgIpc) is 3.06. The van der Waals surface area contributed by atoms with Gasteiger partial charge in [0.15, 0.2) is 0 Å². The normalized spacial score (nSPS) is 20.8. The molecule has 2 fully saturated rings. The number of fused-ring (bicyclic) bond motifs is 1. The molecule has 0 N–H and O–H groups in total. The van der Waals surface area contributed by atoms with Crippen LogP contribution in [0.15, 0.2) is 24.3 Å². The van der Waals surface area contributed by atoms with E-state index in [0.717, 1.165) is 44.5 Å². The van der Waals surface area contributed by atoms with Crippen LogP contribution in [0.1, 0.15) is 55.9 Å². The van der Waals surface area contributed by atoms with Crippen molar-refractivity contribution in [3.63, 3.8) is 0 Å². The molecule has 0 aliphatic carbocycles. The number of likely N-dealkylation sites (tertiary alicyclic amines) is 2. The van der Waals surface area contributed by atoms with Gasteiger partial charge in [-0.1, -0.05) is 31.4 Å². The standard InChI is InChI=1S/C21H29N3OS/c25-20(24-12-6-2-1-3-7-13-24)16-23-14-10-17(11-15-23)21-22-18-8-4-5-9-19(18)26-21/h4-5,8-9,17H,1-3,6-7,10-16H2. The van der Waals surface area contributed by atoms with E-state index in [9.17, 15) is 4.79 Å². The van der Waals surface area contributed by atoms with Crippen LogP contribution in [0.2, 0.25) is 0 Å². The Morgan fingerprint density at radius 2 is 1.69 bits per heavy atom. The van der Waals surface area contributed by atoms with E-state index in [1.807, 2.05) is 11.3 Å². The van der Waals surface area contributed by atoms with Crippen LogP contribution in [0.25, 0.3) is 10.2 Å². The highest BCUT2D eigenvalue weighted by Gasteiger charge is 2.25. The number of para-hydroxylation sites is 1. The number of rotatable bonds is 3. The molecule has 4 rings (SSSR count). The number of aromatic nitrogens is 1. The number of benzene rings is 1. The lowest BCUT2D eigenvalue weighted by Gasteiger charge is -2.33. The Hall–Kier alpha value is -1.46. The molecule has 2 aliphatic heterocycles. The molecular formula is C21H29N3OS. The highest BCUT2D eigenvalue weighted by Crippen LogP contribution is 2.33. The summed E-state index contributed by atoms with van der Waals surface area (Å²) in [5, 5.41) is 1.28. The summed E-state index contributed by atoms with van der Waals surface area (Å²) in [7, 11) is 0. The molecule has 1 aromatic carbocycles. The monoisotopic (exact) mass is 371 g/mol. The van der Waals surface area contributed by atoms with E-state index in [2.05, 4.69) is 34.1 Å². The van der Waals surface area contributed by atoms with Crippen molar-refractivity contribution in [3.8, 4) is 0 Å². The minimum atomic E-state index is 0.338. The number of hydrogen-bond donors (Lipinski definition) is 0.